The van der Waals surface area contributed by atoms with E-state index < -0.39 is 6.10 Å². The summed E-state index contributed by atoms with van der Waals surface area (Å²) < 4.78 is 11.8. The lowest BCUT2D eigenvalue weighted by Crippen LogP contribution is -2.33. The summed E-state index contributed by atoms with van der Waals surface area (Å²) in [5, 5.41) is 10.1. The Morgan fingerprint density at radius 1 is 1.60 bits per heavy atom. The van der Waals surface area contributed by atoms with Crippen LogP contribution in [-0.2, 0) is 9.47 Å². The van der Waals surface area contributed by atoms with E-state index in [-0.39, 0.29) is 6.10 Å². The van der Waals surface area contributed by atoms with Crippen molar-refractivity contribution >= 4 is 27.3 Å². The van der Waals surface area contributed by atoms with Gasteiger partial charge in [-0.2, -0.15) is 0 Å². The lowest BCUT2D eigenvalue weighted by molar-refractivity contribution is -0.132. The maximum Gasteiger partial charge on any atom is 0.117 e. The van der Waals surface area contributed by atoms with Crippen molar-refractivity contribution in [3.63, 3.8) is 0 Å². The maximum absolute atomic E-state index is 10.1. The first-order valence-corrected chi connectivity index (χ1v) is 6.42. The zero-order valence-electron chi connectivity index (χ0n) is 8.40. The van der Waals surface area contributed by atoms with E-state index in [1.165, 1.54) is 0 Å². The highest BCUT2D eigenvalue weighted by Gasteiger charge is 2.26. The number of hydrogen-bond donors (Lipinski definition) is 1. The highest BCUT2D eigenvalue weighted by Crippen LogP contribution is 2.33. The number of thiophene rings is 1. The number of halogens is 1. The van der Waals surface area contributed by atoms with Gasteiger partial charge in [0.15, 0.2) is 0 Å². The smallest absolute Gasteiger partial charge is 0.117 e. The standard InChI is InChI=1S/C10H13BrO3S/c1-6-4-8(15-10(6)11)9(12)7-5-13-2-3-14-7/h4,7,9,12H,2-3,5H2,1H3. The van der Waals surface area contributed by atoms with E-state index in [1.807, 2.05) is 13.0 Å². The summed E-state index contributed by atoms with van der Waals surface area (Å²) in [7, 11) is 0. The Morgan fingerprint density at radius 3 is 2.93 bits per heavy atom. The van der Waals surface area contributed by atoms with Gasteiger partial charge in [-0.15, -0.1) is 11.3 Å². The molecular formula is C10H13BrO3S. The van der Waals surface area contributed by atoms with Crippen LogP contribution in [0.5, 0.6) is 0 Å². The monoisotopic (exact) mass is 292 g/mol. The molecule has 0 bridgehead atoms. The second kappa shape index (κ2) is 4.93. The molecule has 1 fully saturated rings. The maximum atomic E-state index is 10.1. The van der Waals surface area contributed by atoms with Crippen LogP contribution in [0.2, 0.25) is 0 Å². The van der Waals surface area contributed by atoms with Crippen LogP contribution in [0.15, 0.2) is 9.85 Å². The second-order valence-corrected chi connectivity index (χ2v) is 5.94. The molecule has 1 aliphatic heterocycles. The Hall–Kier alpha value is 0.0600. The molecule has 2 heterocycles. The molecule has 1 saturated heterocycles. The van der Waals surface area contributed by atoms with Gasteiger partial charge in [0, 0.05) is 4.88 Å². The first-order valence-electron chi connectivity index (χ1n) is 4.81. The van der Waals surface area contributed by atoms with Gasteiger partial charge in [0.1, 0.15) is 12.2 Å². The van der Waals surface area contributed by atoms with E-state index in [1.54, 1.807) is 11.3 Å². The fraction of sp³-hybridized carbons (Fsp3) is 0.600. The molecule has 1 N–H and O–H groups in total. The van der Waals surface area contributed by atoms with Gasteiger partial charge in [-0.1, -0.05) is 0 Å². The average Bonchev–Trinajstić information content (AvgIpc) is 2.59. The third-order valence-corrected chi connectivity index (χ3v) is 4.57. The third-order valence-electron chi connectivity index (χ3n) is 2.36. The molecule has 3 nitrogen and oxygen atoms in total. The number of ether oxygens (including phenoxy) is 2. The number of aliphatic hydroxyl groups is 1. The first-order chi connectivity index (χ1) is 7.18. The molecule has 5 heteroatoms. The molecule has 0 aliphatic carbocycles. The molecular weight excluding hydrogens is 280 g/mol. The summed E-state index contributed by atoms with van der Waals surface area (Å²) in [6, 6.07) is 1.98. The van der Waals surface area contributed by atoms with Crippen LogP contribution in [-0.4, -0.2) is 31.0 Å². The van der Waals surface area contributed by atoms with Crippen molar-refractivity contribution < 1.29 is 14.6 Å². The summed E-state index contributed by atoms with van der Waals surface area (Å²) in [6.07, 6.45) is -0.816. The number of aryl methyl sites for hydroxylation is 1. The minimum atomic E-state index is -0.583. The predicted octanol–water partition coefficient (Wildman–Crippen LogP) is 2.27. The molecule has 2 unspecified atom stereocenters. The zero-order chi connectivity index (χ0) is 10.8. The molecule has 1 aromatic rings. The van der Waals surface area contributed by atoms with Crippen molar-refractivity contribution in [3.8, 4) is 0 Å². The van der Waals surface area contributed by atoms with Crippen molar-refractivity contribution in [2.24, 2.45) is 0 Å². The largest absolute Gasteiger partial charge is 0.385 e. The number of rotatable bonds is 2. The van der Waals surface area contributed by atoms with Crippen molar-refractivity contribution in [2.75, 3.05) is 19.8 Å². The molecule has 1 aliphatic rings. The Balaban J connectivity index is 2.08. The topological polar surface area (TPSA) is 38.7 Å². The van der Waals surface area contributed by atoms with Gasteiger partial charge >= 0.3 is 0 Å². The summed E-state index contributed by atoms with van der Waals surface area (Å²) >= 11 is 4.99. The van der Waals surface area contributed by atoms with Gasteiger partial charge in [-0.3, -0.25) is 0 Å². The van der Waals surface area contributed by atoms with Gasteiger partial charge in [0.05, 0.1) is 23.6 Å². The van der Waals surface area contributed by atoms with Gasteiger partial charge in [0.25, 0.3) is 0 Å². The van der Waals surface area contributed by atoms with Crippen molar-refractivity contribution in [1.82, 2.24) is 0 Å². The predicted molar refractivity (Wildman–Crippen MR) is 62.3 cm³/mol. The van der Waals surface area contributed by atoms with Gasteiger partial charge in [-0.05, 0) is 34.5 Å². The molecule has 15 heavy (non-hydrogen) atoms. The Bertz CT molecular complexity index is 314. The van der Waals surface area contributed by atoms with E-state index in [0.29, 0.717) is 19.8 Å². The molecule has 84 valence electrons. The molecule has 0 aromatic carbocycles. The Kier molecular flexibility index (Phi) is 3.79. The second-order valence-electron chi connectivity index (χ2n) is 3.53. The molecule has 2 atom stereocenters. The van der Waals surface area contributed by atoms with Crippen LogP contribution in [0, 0.1) is 6.92 Å². The van der Waals surface area contributed by atoms with Crippen LogP contribution >= 0.6 is 27.3 Å². The normalized spacial score (nSPS) is 24.1. The highest BCUT2D eigenvalue weighted by molar-refractivity contribution is 9.11. The fourth-order valence-electron chi connectivity index (χ4n) is 1.50. The van der Waals surface area contributed by atoms with E-state index in [4.69, 9.17) is 9.47 Å². The van der Waals surface area contributed by atoms with Crippen LogP contribution in [0.3, 0.4) is 0 Å². The Morgan fingerprint density at radius 2 is 2.40 bits per heavy atom. The lowest BCUT2D eigenvalue weighted by Gasteiger charge is -2.26. The molecule has 2 rings (SSSR count). The van der Waals surface area contributed by atoms with Crippen molar-refractivity contribution in [2.45, 2.75) is 19.1 Å². The molecule has 0 saturated carbocycles. The van der Waals surface area contributed by atoms with Crippen LogP contribution in [0.25, 0.3) is 0 Å². The minimum Gasteiger partial charge on any atom is -0.385 e. The van der Waals surface area contributed by atoms with Crippen LogP contribution in [0.1, 0.15) is 16.5 Å². The summed E-state index contributed by atoms with van der Waals surface area (Å²) in [5.74, 6) is 0. The highest BCUT2D eigenvalue weighted by atomic mass is 79.9. The minimum absolute atomic E-state index is 0.233. The third kappa shape index (κ3) is 2.60. The molecule has 0 radical (unpaired) electrons. The molecule has 1 aromatic heterocycles. The van der Waals surface area contributed by atoms with Gasteiger partial charge in [-0.25, -0.2) is 0 Å². The summed E-state index contributed by atoms with van der Waals surface area (Å²) in [4.78, 5) is 0.926. The van der Waals surface area contributed by atoms with Crippen LogP contribution in [0.4, 0.5) is 0 Å². The van der Waals surface area contributed by atoms with Gasteiger partial charge in [0.2, 0.25) is 0 Å². The summed E-state index contributed by atoms with van der Waals surface area (Å²) in [5.41, 5.74) is 1.14. The van der Waals surface area contributed by atoms with Crippen molar-refractivity contribution in [1.29, 1.82) is 0 Å². The van der Waals surface area contributed by atoms with E-state index in [2.05, 4.69) is 15.9 Å². The SMILES string of the molecule is Cc1cc(C(O)C2COCCO2)sc1Br. The first kappa shape index (κ1) is 11.5. The lowest BCUT2D eigenvalue weighted by atomic mass is 10.1. The number of hydrogen-bond acceptors (Lipinski definition) is 4. The van der Waals surface area contributed by atoms with E-state index in [9.17, 15) is 5.11 Å². The van der Waals surface area contributed by atoms with Crippen LogP contribution < -0.4 is 0 Å². The zero-order valence-corrected chi connectivity index (χ0v) is 10.8. The molecule has 0 spiro atoms. The molecule has 0 amide bonds. The van der Waals surface area contributed by atoms with E-state index >= 15 is 0 Å². The van der Waals surface area contributed by atoms with Crippen molar-refractivity contribution in [3.05, 3.63) is 20.3 Å². The summed E-state index contributed by atoms with van der Waals surface area (Å²) in [6.45, 7) is 3.66. The average molecular weight is 293 g/mol. The number of aliphatic hydroxyl groups excluding tert-OH is 1. The van der Waals surface area contributed by atoms with Gasteiger partial charge < -0.3 is 14.6 Å². The quantitative estimate of drug-likeness (QED) is 0.909. The van der Waals surface area contributed by atoms with E-state index in [0.717, 1.165) is 14.2 Å². The fourth-order valence-corrected chi connectivity index (χ4v) is 3.11. The Labute approximate surface area is 101 Å².